The van der Waals surface area contributed by atoms with Crippen molar-refractivity contribution in [2.24, 2.45) is 0 Å². The highest BCUT2D eigenvalue weighted by atomic mass is 16.5. The normalized spacial score (nSPS) is 17.1. The standard InChI is InChI=1S/C27H22N4O5/c1-16-22(30-13-4-3-7-20(30)29-16)24(32)21-23(18-8-10-19(11-9-18)27(35)36-2)31(26(34)25(21)33)15-17-6-5-12-28-14-17/h3-14,23,32H,15H2,1-2H3. The van der Waals surface area contributed by atoms with E-state index in [0.717, 1.165) is 5.56 Å². The summed E-state index contributed by atoms with van der Waals surface area (Å²) in [7, 11) is 1.29. The SMILES string of the molecule is COC(=O)c1ccc(C2C(=C(O)c3c(C)nc4ccccn34)C(=O)C(=O)N2Cc2cccnc2)cc1. The number of hydrogen-bond donors (Lipinski definition) is 1. The van der Waals surface area contributed by atoms with E-state index in [1.807, 2.05) is 6.07 Å². The molecule has 1 aliphatic rings. The summed E-state index contributed by atoms with van der Waals surface area (Å²) in [6.45, 7) is 1.83. The summed E-state index contributed by atoms with van der Waals surface area (Å²) in [5, 5.41) is 11.5. The summed E-state index contributed by atoms with van der Waals surface area (Å²) in [4.78, 5) is 48.5. The highest BCUT2D eigenvalue weighted by Crippen LogP contribution is 2.40. The van der Waals surface area contributed by atoms with Crippen molar-refractivity contribution in [1.82, 2.24) is 19.3 Å². The fourth-order valence-electron chi connectivity index (χ4n) is 4.52. The van der Waals surface area contributed by atoms with Gasteiger partial charge >= 0.3 is 5.97 Å². The smallest absolute Gasteiger partial charge is 0.337 e. The van der Waals surface area contributed by atoms with E-state index < -0.39 is 23.7 Å². The molecule has 1 fully saturated rings. The molecule has 1 aromatic carbocycles. The van der Waals surface area contributed by atoms with Gasteiger partial charge in [-0.25, -0.2) is 9.78 Å². The van der Waals surface area contributed by atoms with E-state index in [1.54, 1.807) is 78.4 Å². The van der Waals surface area contributed by atoms with Crippen molar-refractivity contribution in [2.75, 3.05) is 7.11 Å². The average molecular weight is 482 g/mol. The molecule has 1 unspecified atom stereocenters. The average Bonchev–Trinajstić information content (AvgIpc) is 3.37. The Morgan fingerprint density at radius 2 is 1.86 bits per heavy atom. The first-order valence-electron chi connectivity index (χ1n) is 11.2. The van der Waals surface area contributed by atoms with E-state index in [-0.39, 0.29) is 17.9 Å². The topological polar surface area (TPSA) is 114 Å². The van der Waals surface area contributed by atoms with Crippen molar-refractivity contribution in [2.45, 2.75) is 19.5 Å². The Bertz CT molecular complexity index is 1520. The number of pyridine rings is 2. The van der Waals surface area contributed by atoms with Crippen LogP contribution in [0.25, 0.3) is 11.4 Å². The second kappa shape index (κ2) is 9.10. The number of benzene rings is 1. The molecule has 9 heteroatoms. The van der Waals surface area contributed by atoms with Gasteiger partial charge in [0.05, 0.1) is 30.0 Å². The van der Waals surface area contributed by atoms with Crippen molar-refractivity contribution < 1.29 is 24.2 Å². The van der Waals surface area contributed by atoms with Gasteiger partial charge in [0.2, 0.25) is 0 Å². The van der Waals surface area contributed by atoms with Crippen molar-refractivity contribution in [3.05, 3.63) is 107 Å². The molecule has 5 rings (SSSR count). The fraction of sp³-hybridized carbons (Fsp3) is 0.148. The highest BCUT2D eigenvalue weighted by molar-refractivity contribution is 6.46. The largest absolute Gasteiger partial charge is 0.505 e. The van der Waals surface area contributed by atoms with Crippen molar-refractivity contribution in [3.8, 4) is 0 Å². The minimum atomic E-state index is -0.898. The summed E-state index contributed by atoms with van der Waals surface area (Å²) >= 11 is 0. The van der Waals surface area contributed by atoms with E-state index in [9.17, 15) is 19.5 Å². The summed E-state index contributed by atoms with van der Waals surface area (Å²) in [6.07, 6.45) is 4.97. The molecule has 0 saturated carbocycles. The second-order valence-electron chi connectivity index (χ2n) is 8.38. The van der Waals surface area contributed by atoms with E-state index in [2.05, 4.69) is 9.97 Å². The number of Topliss-reactive ketones (excluding diaryl/α,β-unsaturated/α-hetero) is 1. The number of fused-ring (bicyclic) bond motifs is 1. The Hall–Kier alpha value is -4.79. The molecule has 4 heterocycles. The van der Waals surface area contributed by atoms with Crippen LogP contribution in [0.1, 0.15) is 38.9 Å². The van der Waals surface area contributed by atoms with Gasteiger partial charge in [-0.05, 0) is 48.4 Å². The van der Waals surface area contributed by atoms with Crippen LogP contribution in [0.5, 0.6) is 0 Å². The molecule has 1 saturated heterocycles. The predicted octanol–water partition coefficient (Wildman–Crippen LogP) is 3.45. The lowest BCUT2D eigenvalue weighted by atomic mass is 9.95. The maximum atomic E-state index is 13.4. The molecule has 9 nitrogen and oxygen atoms in total. The number of rotatable bonds is 5. The van der Waals surface area contributed by atoms with Crippen LogP contribution < -0.4 is 0 Å². The maximum absolute atomic E-state index is 13.4. The molecule has 1 N–H and O–H groups in total. The van der Waals surface area contributed by atoms with Crippen LogP contribution in [-0.4, -0.2) is 49.1 Å². The van der Waals surface area contributed by atoms with Crippen LogP contribution >= 0.6 is 0 Å². The Morgan fingerprint density at radius 1 is 1.08 bits per heavy atom. The number of aliphatic hydroxyl groups excluding tert-OH is 1. The summed E-state index contributed by atoms with van der Waals surface area (Å²) in [5.41, 5.74) is 2.99. The summed E-state index contributed by atoms with van der Waals surface area (Å²) < 4.78 is 6.45. The lowest BCUT2D eigenvalue weighted by Crippen LogP contribution is -2.29. The van der Waals surface area contributed by atoms with Gasteiger partial charge in [0.15, 0.2) is 5.76 Å². The third-order valence-electron chi connectivity index (χ3n) is 6.19. The molecule has 0 radical (unpaired) electrons. The quantitative estimate of drug-likeness (QED) is 0.201. The molecule has 1 aliphatic heterocycles. The predicted molar refractivity (Wildman–Crippen MR) is 130 cm³/mol. The number of aliphatic hydroxyl groups is 1. The van der Waals surface area contributed by atoms with Crippen molar-refractivity contribution in [3.63, 3.8) is 0 Å². The third-order valence-corrected chi connectivity index (χ3v) is 6.19. The Kier molecular flexibility index (Phi) is 5.81. The van der Waals surface area contributed by atoms with E-state index in [4.69, 9.17) is 4.74 Å². The van der Waals surface area contributed by atoms with Crippen LogP contribution in [0.3, 0.4) is 0 Å². The molecular weight excluding hydrogens is 460 g/mol. The zero-order chi connectivity index (χ0) is 25.4. The molecule has 0 spiro atoms. The number of aromatic nitrogens is 3. The van der Waals surface area contributed by atoms with Crippen LogP contribution in [0, 0.1) is 6.92 Å². The molecule has 1 amide bonds. The number of esters is 1. The lowest BCUT2D eigenvalue weighted by Gasteiger charge is -2.25. The fourth-order valence-corrected chi connectivity index (χ4v) is 4.52. The molecule has 4 aromatic rings. The maximum Gasteiger partial charge on any atom is 0.337 e. The zero-order valence-electron chi connectivity index (χ0n) is 19.6. The first kappa shape index (κ1) is 23.0. The summed E-state index contributed by atoms with van der Waals surface area (Å²) in [6, 6.07) is 14.5. The van der Waals surface area contributed by atoms with Gasteiger partial charge in [-0.1, -0.05) is 24.3 Å². The van der Waals surface area contributed by atoms with Gasteiger partial charge in [0.25, 0.3) is 11.7 Å². The summed E-state index contributed by atoms with van der Waals surface area (Å²) in [5.74, 6) is -2.37. The minimum absolute atomic E-state index is 0.0524. The molecule has 180 valence electrons. The third kappa shape index (κ3) is 3.80. The minimum Gasteiger partial charge on any atom is -0.505 e. The number of nitrogens with zero attached hydrogens (tertiary/aromatic N) is 4. The number of methoxy groups -OCH3 is 1. The van der Waals surface area contributed by atoms with Crippen LogP contribution in [0.4, 0.5) is 0 Å². The van der Waals surface area contributed by atoms with Gasteiger partial charge in [-0.2, -0.15) is 0 Å². The number of likely N-dealkylation sites (tertiary alicyclic amines) is 1. The van der Waals surface area contributed by atoms with Crippen LogP contribution in [0.2, 0.25) is 0 Å². The molecule has 3 aromatic heterocycles. The van der Waals surface area contributed by atoms with Gasteiger partial charge < -0.3 is 14.7 Å². The molecule has 0 bridgehead atoms. The number of imidazole rings is 1. The van der Waals surface area contributed by atoms with Crippen molar-refractivity contribution >= 4 is 29.1 Å². The number of carbonyl (C=O) groups excluding carboxylic acids is 3. The number of ketones is 1. The first-order chi connectivity index (χ1) is 17.4. The number of aryl methyl sites for hydroxylation is 1. The molecule has 1 atom stereocenters. The molecular formula is C27H22N4O5. The number of carbonyl (C=O) groups is 3. The van der Waals surface area contributed by atoms with Crippen LogP contribution in [0.15, 0.2) is 78.8 Å². The second-order valence-corrected chi connectivity index (χ2v) is 8.38. The monoisotopic (exact) mass is 482 g/mol. The first-order valence-corrected chi connectivity index (χ1v) is 11.2. The Balaban J connectivity index is 1.69. The van der Waals surface area contributed by atoms with E-state index in [1.165, 1.54) is 12.0 Å². The number of amides is 1. The van der Waals surface area contributed by atoms with Gasteiger partial charge in [-0.3, -0.25) is 19.0 Å². The Morgan fingerprint density at radius 3 is 2.56 bits per heavy atom. The van der Waals surface area contributed by atoms with Crippen molar-refractivity contribution in [1.29, 1.82) is 0 Å². The zero-order valence-corrected chi connectivity index (χ0v) is 19.6. The molecule has 0 aliphatic carbocycles. The number of hydrogen-bond acceptors (Lipinski definition) is 7. The van der Waals surface area contributed by atoms with Gasteiger partial charge in [0.1, 0.15) is 11.3 Å². The van der Waals surface area contributed by atoms with Gasteiger partial charge in [-0.15, -0.1) is 0 Å². The number of ether oxygens (including phenoxy) is 1. The lowest BCUT2D eigenvalue weighted by molar-refractivity contribution is -0.140. The van der Waals surface area contributed by atoms with E-state index in [0.29, 0.717) is 28.2 Å². The molecule has 36 heavy (non-hydrogen) atoms. The Labute approximate surface area is 206 Å². The highest BCUT2D eigenvalue weighted by Gasteiger charge is 2.46. The van der Waals surface area contributed by atoms with E-state index >= 15 is 0 Å². The van der Waals surface area contributed by atoms with Gasteiger partial charge in [0, 0.05) is 25.1 Å². The van der Waals surface area contributed by atoms with Crippen LogP contribution in [-0.2, 0) is 20.9 Å².